The fraction of sp³-hybridized carbons (Fsp3) is 0.286. The van der Waals surface area contributed by atoms with Crippen LogP contribution in [0.15, 0.2) is 17.3 Å². The number of alkyl halides is 2. The van der Waals surface area contributed by atoms with Gasteiger partial charge in [0.15, 0.2) is 0 Å². The molecule has 0 saturated carbocycles. The van der Waals surface area contributed by atoms with E-state index in [9.17, 15) is 13.6 Å². The molecule has 0 fully saturated rings. The maximum atomic E-state index is 11.9. The number of aromatic nitrogens is 2. The van der Waals surface area contributed by atoms with Crippen molar-refractivity contribution in [3.63, 3.8) is 0 Å². The van der Waals surface area contributed by atoms with Crippen LogP contribution >= 0.6 is 0 Å². The summed E-state index contributed by atoms with van der Waals surface area (Å²) in [7, 11) is 0. The molecule has 0 radical (unpaired) electrons. The standard InChI is InChI=1S/C7H5F2N3O/c8-6(9)3-12-4-11-2-5(1-10)7(12)13/h2,4,6H,3H2. The quantitative estimate of drug-likeness (QED) is 0.669. The second-order valence-electron chi connectivity index (χ2n) is 2.27. The fourth-order valence-electron chi connectivity index (χ4n) is 0.806. The molecule has 0 atom stereocenters. The Bertz CT molecular complexity index is 393. The molecule has 1 heterocycles. The van der Waals surface area contributed by atoms with E-state index in [1.54, 1.807) is 6.07 Å². The maximum absolute atomic E-state index is 11.9. The lowest BCUT2D eigenvalue weighted by Crippen LogP contribution is -2.25. The summed E-state index contributed by atoms with van der Waals surface area (Å²) in [6.45, 7) is -0.735. The molecule has 1 aromatic rings. The van der Waals surface area contributed by atoms with Crippen LogP contribution in [0.3, 0.4) is 0 Å². The van der Waals surface area contributed by atoms with Crippen LogP contribution in [0.2, 0.25) is 0 Å². The molecule has 0 unspecified atom stereocenters. The lowest BCUT2D eigenvalue weighted by atomic mass is 10.4. The van der Waals surface area contributed by atoms with Gasteiger partial charge in [0.2, 0.25) is 0 Å². The molecule has 0 aromatic carbocycles. The molecule has 0 saturated heterocycles. The van der Waals surface area contributed by atoms with Crippen LogP contribution in [0, 0.1) is 11.3 Å². The van der Waals surface area contributed by atoms with Gasteiger partial charge in [-0.05, 0) is 0 Å². The molecule has 0 aliphatic rings. The van der Waals surface area contributed by atoms with Crippen molar-refractivity contribution < 1.29 is 8.78 Å². The Balaban J connectivity index is 3.11. The second kappa shape index (κ2) is 3.76. The first-order valence-corrected chi connectivity index (χ1v) is 3.38. The van der Waals surface area contributed by atoms with Crippen molar-refractivity contribution in [2.45, 2.75) is 13.0 Å². The highest BCUT2D eigenvalue weighted by Crippen LogP contribution is 1.95. The Morgan fingerprint density at radius 2 is 2.38 bits per heavy atom. The van der Waals surface area contributed by atoms with E-state index in [4.69, 9.17) is 5.26 Å². The third-order valence-electron chi connectivity index (χ3n) is 1.36. The summed E-state index contributed by atoms with van der Waals surface area (Å²) in [4.78, 5) is 14.6. The van der Waals surface area contributed by atoms with Gasteiger partial charge in [-0.2, -0.15) is 5.26 Å². The molecular weight excluding hydrogens is 180 g/mol. The smallest absolute Gasteiger partial charge is 0.271 e. The zero-order valence-corrected chi connectivity index (χ0v) is 6.44. The predicted octanol–water partition coefficient (Wildman–Crippen LogP) is 0.380. The van der Waals surface area contributed by atoms with Crippen molar-refractivity contribution in [1.29, 1.82) is 5.26 Å². The summed E-state index contributed by atoms with van der Waals surface area (Å²) >= 11 is 0. The highest BCUT2D eigenvalue weighted by Gasteiger charge is 2.07. The first kappa shape index (κ1) is 9.32. The monoisotopic (exact) mass is 185 g/mol. The fourth-order valence-corrected chi connectivity index (χ4v) is 0.806. The molecular formula is C7H5F2N3O. The molecule has 0 spiro atoms. The van der Waals surface area contributed by atoms with Crippen molar-refractivity contribution in [1.82, 2.24) is 9.55 Å². The molecule has 0 N–H and O–H groups in total. The van der Waals surface area contributed by atoms with E-state index in [1.165, 1.54) is 0 Å². The van der Waals surface area contributed by atoms with Gasteiger partial charge in [-0.25, -0.2) is 13.8 Å². The van der Waals surface area contributed by atoms with Crippen LogP contribution in [0.1, 0.15) is 5.56 Å². The Labute approximate surface area is 72.1 Å². The summed E-state index contributed by atoms with van der Waals surface area (Å²) in [5, 5.41) is 8.39. The average molecular weight is 185 g/mol. The third-order valence-corrected chi connectivity index (χ3v) is 1.36. The van der Waals surface area contributed by atoms with Gasteiger partial charge in [-0.1, -0.05) is 0 Å². The maximum Gasteiger partial charge on any atom is 0.271 e. The second-order valence-corrected chi connectivity index (χ2v) is 2.27. The van der Waals surface area contributed by atoms with Gasteiger partial charge >= 0.3 is 0 Å². The highest BCUT2D eigenvalue weighted by molar-refractivity contribution is 5.21. The largest absolute Gasteiger partial charge is 0.292 e. The third kappa shape index (κ3) is 2.08. The molecule has 0 aliphatic heterocycles. The molecule has 0 amide bonds. The molecule has 4 nitrogen and oxygen atoms in total. The molecule has 68 valence electrons. The Morgan fingerprint density at radius 1 is 1.69 bits per heavy atom. The van der Waals surface area contributed by atoms with Gasteiger partial charge in [0.05, 0.1) is 19.1 Å². The molecule has 0 bridgehead atoms. The van der Waals surface area contributed by atoms with Gasteiger partial charge in [0, 0.05) is 0 Å². The first-order valence-electron chi connectivity index (χ1n) is 3.38. The number of nitriles is 1. The zero-order chi connectivity index (χ0) is 9.84. The van der Waals surface area contributed by atoms with Crippen molar-refractivity contribution in [2.75, 3.05) is 0 Å². The SMILES string of the molecule is N#Cc1cncn(CC(F)F)c1=O. The van der Waals surface area contributed by atoms with Crippen LogP contribution in [0.5, 0.6) is 0 Å². The average Bonchev–Trinajstić information content (AvgIpc) is 2.08. The van der Waals surface area contributed by atoms with Gasteiger partial charge in [-0.3, -0.25) is 9.36 Å². The number of hydrogen-bond donors (Lipinski definition) is 0. The van der Waals surface area contributed by atoms with Gasteiger partial charge in [0.1, 0.15) is 11.6 Å². The van der Waals surface area contributed by atoms with E-state index in [-0.39, 0.29) is 5.56 Å². The van der Waals surface area contributed by atoms with E-state index < -0.39 is 18.5 Å². The number of hydrogen-bond acceptors (Lipinski definition) is 3. The number of halogens is 2. The Kier molecular flexibility index (Phi) is 2.69. The topological polar surface area (TPSA) is 58.7 Å². The minimum absolute atomic E-state index is 0.233. The van der Waals surface area contributed by atoms with E-state index in [0.29, 0.717) is 4.57 Å². The summed E-state index contributed by atoms with van der Waals surface area (Å²) < 4.78 is 24.4. The Morgan fingerprint density at radius 3 is 2.92 bits per heavy atom. The van der Waals surface area contributed by atoms with E-state index in [1.807, 2.05) is 0 Å². The van der Waals surface area contributed by atoms with E-state index >= 15 is 0 Å². The molecule has 6 heteroatoms. The summed E-state index contributed by atoms with van der Waals surface area (Å²) in [6, 6.07) is 1.57. The zero-order valence-electron chi connectivity index (χ0n) is 6.44. The summed E-state index contributed by atoms with van der Waals surface area (Å²) in [5.41, 5.74) is -0.971. The van der Waals surface area contributed by atoms with Crippen LogP contribution in [0.25, 0.3) is 0 Å². The van der Waals surface area contributed by atoms with Gasteiger partial charge < -0.3 is 0 Å². The van der Waals surface area contributed by atoms with Crippen molar-refractivity contribution in [3.8, 4) is 6.07 Å². The Hall–Kier alpha value is -1.77. The lowest BCUT2D eigenvalue weighted by Gasteiger charge is -2.02. The summed E-state index contributed by atoms with van der Waals surface area (Å²) in [6.07, 6.45) is -0.604. The van der Waals surface area contributed by atoms with Crippen LogP contribution in [-0.4, -0.2) is 16.0 Å². The van der Waals surface area contributed by atoms with E-state index in [0.717, 1.165) is 12.5 Å². The molecule has 1 rings (SSSR count). The molecule has 1 aromatic heterocycles. The van der Waals surface area contributed by atoms with Crippen LogP contribution < -0.4 is 5.56 Å². The van der Waals surface area contributed by atoms with Crippen LogP contribution in [0.4, 0.5) is 8.78 Å². The van der Waals surface area contributed by atoms with Crippen molar-refractivity contribution >= 4 is 0 Å². The number of nitrogens with zero attached hydrogens (tertiary/aromatic N) is 3. The minimum Gasteiger partial charge on any atom is -0.292 e. The first-order chi connectivity index (χ1) is 6.15. The van der Waals surface area contributed by atoms with Gasteiger partial charge in [-0.15, -0.1) is 0 Å². The normalized spacial score (nSPS) is 10.0. The van der Waals surface area contributed by atoms with E-state index in [2.05, 4.69) is 4.98 Å². The molecule has 0 aliphatic carbocycles. The van der Waals surface area contributed by atoms with Crippen molar-refractivity contribution in [3.05, 3.63) is 28.4 Å². The minimum atomic E-state index is -2.63. The van der Waals surface area contributed by atoms with Gasteiger partial charge in [0.25, 0.3) is 12.0 Å². The summed E-state index contributed by atoms with van der Waals surface area (Å²) in [5.74, 6) is 0. The van der Waals surface area contributed by atoms with Crippen molar-refractivity contribution in [2.24, 2.45) is 0 Å². The number of rotatable bonds is 2. The molecule has 13 heavy (non-hydrogen) atoms. The lowest BCUT2D eigenvalue weighted by molar-refractivity contribution is 0.124. The highest BCUT2D eigenvalue weighted by atomic mass is 19.3. The van der Waals surface area contributed by atoms with Crippen LogP contribution in [-0.2, 0) is 6.54 Å². The predicted molar refractivity (Wildman–Crippen MR) is 39.2 cm³/mol.